The molecule has 1 aromatic carbocycles. The monoisotopic (exact) mass is 273 g/mol. The van der Waals surface area contributed by atoms with E-state index in [1.54, 1.807) is 7.11 Å². The van der Waals surface area contributed by atoms with E-state index in [0.717, 1.165) is 18.8 Å². The van der Waals surface area contributed by atoms with Crippen molar-refractivity contribution in [1.82, 2.24) is 4.90 Å². The average molecular weight is 273 g/mol. The van der Waals surface area contributed by atoms with Crippen molar-refractivity contribution < 1.29 is 4.74 Å². The highest BCUT2D eigenvalue weighted by atomic mass is 32.1. The number of benzene rings is 1. The molecule has 1 aliphatic rings. The van der Waals surface area contributed by atoms with Gasteiger partial charge in [-0.3, -0.25) is 0 Å². The van der Waals surface area contributed by atoms with Crippen molar-refractivity contribution in [2.75, 3.05) is 20.7 Å². The van der Waals surface area contributed by atoms with Gasteiger partial charge in [-0.15, -0.1) is 11.3 Å². The van der Waals surface area contributed by atoms with E-state index in [0.29, 0.717) is 5.92 Å². The van der Waals surface area contributed by atoms with Crippen LogP contribution in [0.25, 0.3) is 0 Å². The predicted molar refractivity (Wildman–Crippen MR) is 80.1 cm³/mol. The molecule has 3 rings (SSSR count). The number of ether oxygens (including phenoxy) is 1. The third-order valence-corrected chi connectivity index (χ3v) is 4.84. The molecule has 0 saturated carbocycles. The lowest BCUT2D eigenvalue weighted by Crippen LogP contribution is -2.17. The van der Waals surface area contributed by atoms with E-state index in [2.05, 4.69) is 47.7 Å². The van der Waals surface area contributed by atoms with Crippen molar-refractivity contribution >= 4 is 11.3 Å². The third kappa shape index (κ3) is 2.53. The second-order valence-electron chi connectivity index (χ2n) is 5.16. The number of fused-ring (bicyclic) bond motifs is 1. The molecule has 100 valence electrons. The van der Waals surface area contributed by atoms with Crippen LogP contribution in [0.2, 0.25) is 0 Å². The van der Waals surface area contributed by atoms with Crippen molar-refractivity contribution in [3.05, 3.63) is 51.7 Å². The second kappa shape index (κ2) is 5.35. The molecular formula is C16H19NOS. The summed E-state index contributed by atoms with van der Waals surface area (Å²) in [4.78, 5) is 3.87. The lowest BCUT2D eigenvalue weighted by atomic mass is 9.91. The summed E-state index contributed by atoms with van der Waals surface area (Å²) in [6, 6.07) is 10.9. The zero-order chi connectivity index (χ0) is 13.2. The van der Waals surface area contributed by atoms with Crippen LogP contribution in [0.3, 0.4) is 0 Å². The van der Waals surface area contributed by atoms with Crippen LogP contribution in [-0.4, -0.2) is 25.6 Å². The normalized spacial score (nSPS) is 19.8. The molecule has 19 heavy (non-hydrogen) atoms. The molecule has 1 aromatic heterocycles. The van der Waals surface area contributed by atoms with Gasteiger partial charge in [-0.05, 0) is 54.7 Å². The lowest BCUT2D eigenvalue weighted by Gasteiger charge is -2.16. The molecule has 0 aliphatic carbocycles. The Morgan fingerprint density at radius 3 is 2.95 bits per heavy atom. The van der Waals surface area contributed by atoms with Crippen LogP contribution in [0.1, 0.15) is 28.3 Å². The highest BCUT2D eigenvalue weighted by Crippen LogP contribution is 2.37. The Labute approximate surface area is 118 Å². The van der Waals surface area contributed by atoms with Crippen LogP contribution in [0.5, 0.6) is 5.75 Å². The first-order valence-electron chi connectivity index (χ1n) is 6.66. The Balaban J connectivity index is 2.05. The first-order valence-corrected chi connectivity index (χ1v) is 7.54. The van der Waals surface area contributed by atoms with Crippen LogP contribution in [0.15, 0.2) is 35.7 Å². The van der Waals surface area contributed by atoms with Crippen molar-refractivity contribution in [3.8, 4) is 5.75 Å². The number of hydrogen-bond acceptors (Lipinski definition) is 3. The van der Waals surface area contributed by atoms with Gasteiger partial charge in [-0.1, -0.05) is 12.1 Å². The molecule has 1 aliphatic heterocycles. The molecule has 2 heterocycles. The third-order valence-electron chi connectivity index (χ3n) is 3.85. The fourth-order valence-electron chi connectivity index (χ4n) is 2.85. The summed E-state index contributed by atoms with van der Waals surface area (Å²) in [6.07, 6.45) is 1.19. The standard InChI is InChI=1S/C16H19NOS/c1-17-8-7-15(16-4-3-9-19-16)14-6-5-13(18-2)10-12(14)11-17/h3-6,9-10,15H,7-8,11H2,1-2H3. The van der Waals surface area contributed by atoms with Crippen LogP contribution in [-0.2, 0) is 6.54 Å². The molecule has 0 spiro atoms. The second-order valence-corrected chi connectivity index (χ2v) is 6.14. The summed E-state index contributed by atoms with van der Waals surface area (Å²) in [7, 11) is 3.93. The maximum Gasteiger partial charge on any atom is 0.119 e. The van der Waals surface area contributed by atoms with E-state index in [4.69, 9.17) is 4.74 Å². The Morgan fingerprint density at radius 1 is 1.32 bits per heavy atom. The van der Waals surface area contributed by atoms with Gasteiger partial charge in [-0.2, -0.15) is 0 Å². The van der Waals surface area contributed by atoms with Gasteiger partial charge in [0, 0.05) is 17.3 Å². The minimum atomic E-state index is 0.533. The zero-order valence-electron chi connectivity index (χ0n) is 11.4. The topological polar surface area (TPSA) is 12.5 Å². The van der Waals surface area contributed by atoms with E-state index in [1.165, 1.54) is 22.4 Å². The highest BCUT2D eigenvalue weighted by Gasteiger charge is 2.23. The Hall–Kier alpha value is -1.32. The van der Waals surface area contributed by atoms with Crippen molar-refractivity contribution in [1.29, 1.82) is 0 Å². The number of thiophene rings is 1. The van der Waals surface area contributed by atoms with Crippen LogP contribution >= 0.6 is 11.3 Å². The van der Waals surface area contributed by atoms with Crippen LogP contribution in [0, 0.1) is 0 Å². The minimum absolute atomic E-state index is 0.533. The zero-order valence-corrected chi connectivity index (χ0v) is 12.2. The van der Waals surface area contributed by atoms with E-state index >= 15 is 0 Å². The van der Waals surface area contributed by atoms with Gasteiger partial charge in [0.05, 0.1) is 7.11 Å². The van der Waals surface area contributed by atoms with Gasteiger partial charge in [0.15, 0.2) is 0 Å². The van der Waals surface area contributed by atoms with Gasteiger partial charge in [0.2, 0.25) is 0 Å². The van der Waals surface area contributed by atoms with Gasteiger partial charge >= 0.3 is 0 Å². The molecule has 0 fully saturated rings. The molecule has 1 unspecified atom stereocenters. The summed E-state index contributed by atoms with van der Waals surface area (Å²) in [6.45, 7) is 2.15. The minimum Gasteiger partial charge on any atom is -0.497 e. The Kier molecular flexibility index (Phi) is 3.58. The molecule has 1 atom stereocenters. The molecule has 3 heteroatoms. The number of hydrogen-bond donors (Lipinski definition) is 0. The maximum absolute atomic E-state index is 5.37. The molecule has 2 aromatic rings. The first-order chi connectivity index (χ1) is 9.28. The highest BCUT2D eigenvalue weighted by molar-refractivity contribution is 7.10. The van der Waals surface area contributed by atoms with E-state index in [-0.39, 0.29) is 0 Å². The Morgan fingerprint density at radius 2 is 2.21 bits per heavy atom. The molecule has 0 N–H and O–H groups in total. The van der Waals surface area contributed by atoms with Gasteiger partial charge in [0.1, 0.15) is 5.75 Å². The number of rotatable bonds is 2. The number of nitrogens with zero attached hydrogens (tertiary/aromatic N) is 1. The van der Waals surface area contributed by atoms with E-state index in [1.807, 2.05) is 11.3 Å². The molecular weight excluding hydrogens is 254 g/mol. The molecule has 0 bridgehead atoms. The molecule has 0 amide bonds. The lowest BCUT2D eigenvalue weighted by molar-refractivity contribution is 0.328. The van der Waals surface area contributed by atoms with Crippen LogP contribution in [0.4, 0.5) is 0 Å². The molecule has 0 radical (unpaired) electrons. The van der Waals surface area contributed by atoms with Crippen LogP contribution < -0.4 is 4.74 Å². The van der Waals surface area contributed by atoms with Gasteiger partial charge in [0.25, 0.3) is 0 Å². The van der Waals surface area contributed by atoms with Gasteiger partial charge < -0.3 is 9.64 Å². The van der Waals surface area contributed by atoms with E-state index in [9.17, 15) is 0 Å². The first kappa shape index (κ1) is 12.7. The quantitative estimate of drug-likeness (QED) is 0.827. The molecule has 2 nitrogen and oxygen atoms in total. The largest absolute Gasteiger partial charge is 0.497 e. The summed E-state index contributed by atoms with van der Waals surface area (Å²) < 4.78 is 5.37. The van der Waals surface area contributed by atoms with Crippen molar-refractivity contribution in [3.63, 3.8) is 0 Å². The predicted octanol–water partition coefficient (Wildman–Crippen LogP) is 3.72. The SMILES string of the molecule is COc1ccc2c(c1)CN(C)CCC2c1cccs1. The average Bonchev–Trinajstić information content (AvgIpc) is 2.89. The van der Waals surface area contributed by atoms with Crippen molar-refractivity contribution in [2.24, 2.45) is 0 Å². The van der Waals surface area contributed by atoms with Crippen molar-refractivity contribution in [2.45, 2.75) is 18.9 Å². The smallest absolute Gasteiger partial charge is 0.119 e. The summed E-state index contributed by atoms with van der Waals surface area (Å²) in [5, 5.41) is 2.17. The molecule has 0 saturated heterocycles. The number of methoxy groups -OCH3 is 1. The summed E-state index contributed by atoms with van der Waals surface area (Å²) in [5.41, 5.74) is 2.87. The summed E-state index contributed by atoms with van der Waals surface area (Å²) >= 11 is 1.86. The Bertz CT molecular complexity index is 550. The van der Waals surface area contributed by atoms with E-state index < -0.39 is 0 Å². The maximum atomic E-state index is 5.37. The fourth-order valence-corrected chi connectivity index (χ4v) is 3.73. The fraction of sp³-hybridized carbons (Fsp3) is 0.375. The van der Waals surface area contributed by atoms with Gasteiger partial charge in [-0.25, -0.2) is 0 Å². The summed E-state index contributed by atoms with van der Waals surface area (Å²) in [5.74, 6) is 1.49.